The molecule has 0 bridgehead atoms. The van der Waals surface area contributed by atoms with Crippen molar-refractivity contribution in [1.82, 2.24) is 0 Å². The van der Waals surface area contributed by atoms with E-state index in [2.05, 4.69) is 38.4 Å². The number of carbonyl (C=O) groups excluding carboxylic acids is 2. The van der Waals surface area contributed by atoms with Gasteiger partial charge in [0, 0.05) is 17.6 Å². The quantitative estimate of drug-likeness (QED) is 0.338. The van der Waals surface area contributed by atoms with Gasteiger partial charge in [0.2, 0.25) is 0 Å². The van der Waals surface area contributed by atoms with Crippen LogP contribution in [0, 0.1) is 0 Å². The van der Waals surface area contributed by atoms with Gasteiger partial charge < -0.3 is 9.47 Å². The molecule has 0 atom stereocenters. The van der Waals surface area contributed by atoms with Crippen molar-refractivity contribution >= 4 is 37.2 Å². The lowest BCUT2D eigenvalue weighted by atomic mass is 10.3. The molecule has 0 aromatic heterocycles. The summed E-state index contributed by atoms with van der Waals surface area (Å²) in [6.07, 6.45) is 0.150. The monoisotopic (exact) mass is 276 g/mol. The van der Waals surface area contributed by atoms with E-state index < -0.39 is 17.1 Å². The normalized spacial score (nSPS) is 10.6. The predicted molar refractivity (Wildman–Crippen MR) is 72.0 cm³/mol. The first-order chi connectivity index (χ1) is 7.72. The molecule has 0 amide bonds. The molecule has 6 heteroatoms. The van der Waals surface area contributed by atoms with Crippen LogP contribution in [-0.4, -0.2) is 22.8 Å². The summed E-state index contributed by atoms with van der Waals surface area (Å²) in [5.41, 5.74) is 0.378. The van der Waals surface area contributed by atoms with E-state index in [0.29, 0.717) is 5.75 Å². The fraction of sp³-hybridized carbons (Fsp3) is 0.455. The molecule has 0 radical (unpaired) electrons. The number of carbonyl (C=O) groups is 2. The van der Waals surface area contributed by atoms with Gasteiger partial charge in [0.25, 0.3) is 0 Å². The van der Waals surface area contributed by atoms with Gasteiger partial charge in [-0.2, -0.15) is 12.6 Å². The zero-order chi connectivity index (χ0) is 13.6. The zero-order valence-corrected chi connectivity index (χ0v) is 11.6. The summed E-state index contributed by atoms with van der Waals surface area (Å²) in [7, 11) is 0. The van der Waals surface area contributed by atoms with Gasteiger partial charge in [-0.15, -0.1) is 0 Å². The van der Waals surface area contributed by atoms with Crippen molar-refractivity contribution in [3.63, 3.8) is 0 Å². The highest BCUT2D eigenvalue weighted by molar-refractivity contribution is 7.82. The van der Waals surface area contributed by atoms with Crippen LogP contribution in [0.5, 0.6) is 0 Å². The SMILES string of the molecule is C=C(C)C(=O)OC(S)(CCS)OC(=O)C(=C)C. The van der Waals surface area contributed by atoms with Crippen molar-refractivity contribution in [3.05, 3.63) is 24.3 Å². The van der Waals surface area contributed by atoms with Crippen molar-refractivity contribution in [1.29, 1.82) is 0 Å². The maximum Gasteiger partial charge on any atom is 0.337 e. The van der Waals surface area contributed by atoms with E-state index in [0.717, 1.165) is 0 Å². The molecule has 0 heterocycles. The molecule has 0 fully saturated rings. The fourth-order valence-corrected chi connectivity index (χ4v) is 1.48. The third-order valence-electron chi connectivity index (χ3n) is 1.63. The second-order valence-corrected chi connectivity index (χ2v) is 4.65. The van der Waals surface area contributed by atoms with Crippen molar-refractivity contribution in [3.8, 4) is 0 Å². The lowest BCUT2D eigenvalue weighted by Crippen LogP contribution is -2.35. The van der Waals surface area contributed by atoms with Crippen LogP contribution in [0.15, 0.2) is 24.3 Å². The minimum absolute atomic E-state index is 0.150. The molecule has 0 rings (SSSR count). The molecule has 0 N–H and O–H groups in total. The maximum absolute atomic E-state index is 11.4. The molecule has 0 saturated carbocycles. The highest BCUT2D eigenvalue weighted by atomic mass is 32.1. The largest absolute Gasteiger partial charge is 0.409 e. The zero-order valence-electron chi connectivity index (χ0n) is 9.86. The van der Waals surface area contributed by atoms with Gasteiger partial charge in [0.15, 0.2) is 0 Å². The fourth-order valence-electron chi connectivity index (χ4n) is 0.728. The second-order valence-electron chi connectivity index (χ2n) is 3.53. The average Bonchev–Trinajstić information content (AvgIpc) is 2.16. The number of thiol groups is 2. The molecule has 0 unspecified atom stereocenters. The van der Waals surface area contributed by atoms with Gasteiger partial charge in [-0.05, 0) is 19.6 Å². The van der Waals surface area contributed by atoms with Crippen LogP contribution in [0.2, 0.25) is 0 Å². The van der Waals surface area contributed by atoms with Crippen LogP contribution in [0.1, 0.15) is 20.3 Å². The number of hydrogen-bond donors (Lipinski definition) is 2. The van der Waals surface area contributed by atoms with Crippen molar-refractivity contribution in [2.24, 2.45) is 0 Å². The number of rotatable bonds is 6. The van der Waals surface area contributed by atoms with E-state index >= 15 is 0 Å². The van der Waals surface area contributed by atoms with E-state index in [1.165, 1.54) is 13.8 Å². The summed E-state index contributed by atoms with van der Waals surface area (Å²) in [5, 5.41) is -1.65. The molecule has 96 valence electrons. The number of hydrogen-bond acceptors (Lipinski definition) is 6. The van der Waals surface area contributed by atoms with E-state index in [9.17, 15) is 9.59 Å². The molecule has 0 aromatic carbocycles. The Morgan fingerprint density at radius 2 is 1.47 bits per heavy atom. The highest BCUT2D eigenvalue weighted by Gasteiger charge is 2.34. The first-order valence-electron chi connectivity index (χ1n) is 4.83. The Balaban J connectivity index is 4.78. The molecule has 17 heavy (non-hydrogen) atoms. The molecule has 0 aliphatic carbocycles. The molecule has 0 aromatic rings. The summed E-state index contributed by atoms with van der Waals surface area (Å²) in [6, 6.07) is 0. The van der Waals surface area contributed by atoms with Gasteiger partial charge in [-0.25, -0.2) is 9.59 Å². The number of ether oxygens (including phenoxy) is 2. The summed E-state index contributed by atoms with van der Waals surface area (Å²) in [6.45, 7) is 9.82. The molecular weight excluding hydrogens is 260 g/mol. The van der Waals surface area contributed by atoms with Crippen molar-refractivity contribution < 1.29 is 19.1 Å². The Morgan fingerprint density at radius 1 is 1.12 bits per heavy atom. The van der Waals surface area contributed by atoms with Crippen LogP contribution in [0.3, 0.4) is 0 Å². The third kappa shape index (κ3) is 5.83. The summed E-state index contributed by atoms with van der Waals surface area (Å²) in [4.78, 5) is 22.8. The van der Waals surface area contributed by atoms with Gasteiger partial charge in [-0.3, -0.25) is 0 Å². The van der Waals surface area contributed by atoms with E-state index in [1.807, 2.05) is 0 Å². The number of esters is 2. The van der Waals surface area contributed by atoms with Crippen molar-refractivity contribution in [2.45, 2.75) is 25.4 Å². The third-order valence-corrected chi connectivity index (χ3v) is 2.26. The van der Waals surface area contributed by atoms with Gasteiger partial charge >= 0.3 is 17.1 Å². The smallest absolute Gasteiger partial charge is 0.337 e. The summed E-state index contributed by atoms with van der Waals surface area (Å²) < 4.78 is 9.91. The Hall–Kier alpha value is -0.880. The minimum Gasteiger partial charge on any atom is -0.409 e. The first-order valence-corrected chi connectivity index (χ1v) is 5.90. The molecule has 0 aliphatic heterocycles. The van der Waals surface area contributed by atoms with Crippen molar-refractivity contribution in [2.75, 3.05) is 5.75 Å². The lowest BCUT2D eigenvalue weighted by molar-refractivity contribution is -0.191. The molecule has 4 nitrogen and oxygen atoms in total. The Morgan fingerprint density at radius 3 is 1.71 bits per heavy atom. The van der Waals surface area contributed by atoms with Crippen LogP contribution >= 0.6 is 25.3 Å². The predicted octanol–water partition coefficient (Wildman–Crippen LogP) is 2.13. The molecular formula is C11H16O4S2. The summed E-state index contributed by atoms with van der Waals surface area (Å²) in [5.74, 6) is -1.04. The van der Waals surface area contributed by atoms with Gasteiger partial charge in [0.05, 0.1) is 0 Å². The lowest BCUT2D eigenvalue weighted by Gasteiger charge is -2.27. The second kappa shape index (κ2) is 6.76. The standard InChI is InChI=1S/C11H16O4S2/c1-7(2)9(12)14-11(17,5-6-16)15-10(13)8(3)4/h16-17H,1,3,5-6H2,2,4H3. The molecule has 0 aliphatic rings. The topological polar surface area (TPSA) is 52.6 Å². The Kier molecular flexibility index (Phi) is 6.41. The van der Waals surface area contributed by atoms with Gasteiger partial charge in [0.1, 0.15) is 0 Å². The highest BCUT2D eigenvalue weighted by Crippen LogP contribution is 2.26. The molecule has 0 spiro atoms. The maximum atomic E-state index is 11.4. The van der Waals surface area contributed by atoms with Crippen LogP contribution in [0.4, 0.5) is 0 Å². The van der Waals surface area contributed by atoms with Gasteiger partial charge in [-0.1, -0.05) is 25.8 Å². The van der Waals surface area contributed by atoms with E-state index in [4.69, 9.17) is 9.47 Å². The first kappa shape index (κ1) is 16.1. The van der Waals surface area contributed by atoms with E-state index in [-0.39, 0.29) is 17.6 Å². The van der Waals surface area contributed by atoms with Crippen LogP contribution in [0.25, 0.3) is 0 Å². The Labute approximate surface area is 112 Å². The van der Waals surface area contributed by atoms with Crippen LogP contribution < -0.4 is 0 Å². The Bertz CT molecular complexity index is 321. The summed E-state index contributed by atoms with van der Waals surface area (Å²) >= 11 is 8.04. The van der Waals surface area contributed by atoms with E-state index in [1.54, 1.807) is 0 Å². The minimum atomic E-state index is -1.65. The molecule has 0 saturated heterocycles. The average molecular weight is 276 g/mol. The van der Waals surface area contributed by atoms with Crippen LogP contribution in [-0.2, 0) is 19.1 Å².